The van der Waals surface area contributed by atoms with Gasteiger partial charge in [0.1, 0.15) is 48.8 Å². The maximum atomic E-state index is 10.4. The molecule has 2 heterocycles. The minimum Gasteiger partial charge on any atom is -0.382 e. The summed E-state index contributed by atoms with van der Waals surface area (Å²) in [4.78, 5) is 0. The molecule has 2 rings (SSSR count). The summed E-state index contributed by atoms with van der Waals surface area (Å²) >= 11 is 0. The molecule has 0 saturated carbocycles. The Labute approximate surface area is 177 Å². The van der Waals surface area contributed by atoms with Crippen LogP contribution in [0.25, 0.3) is 0 Å². The van der Waals surface area contributed by atoms with Crippen molar-refractivity contribution in [3.05, 3.63) is 0 Å². The Balaban J connectivity index is 2.31. The minimum atomic E-state index is -1.24. The van der Waals surface area contributed by atoms with Gasteiger partial charge in [-0.1, -0.05) is 0 Å². The van der Waals surface area contributed by atoms with Crippen LogP contribution in [0.3, 0.4) is 0 Å². The van der Waals surface area contributed by atoms with Crippen LogP contribution >= 0.6 is 0 Å². The van der Waals surface area contributed by atoms with Gasteiger partial charge in [-0.3, -0.25) is 0 Å². The van der Waals surface area contributed by atoms with Crippen molar-refractivity contribution in [1.82, 2.24) is 0 Å². The van der Waals surface area contributed by atoms with E-state index >= 15 is 0 Å². The molecule has 11 nitrogen and oxygen atoms in total. The van der Waals surface area contributed by atoms with Crippen molar-refractivity contribution >= 4 is 0 Å². The van der Waals surface area contributed by atoms with Crippen molar-refractivity contribution in [2.24, 2.45) is 0 Å². The Kier molecular flexibility index (Phi) is 10.8. The summed E-state index contributed by atoms with van der Waals surface area (Å²) in [7, 11) is 10.8. The molecule has 0 aromatic carbocycles. The first-order chi connectivity index (χ1) is 14.5. The second-order valence-corrected chi connectivity index (χ2v) is 7.12. The number of rotatable bonds is 11. The minimum absolute atomic E-state index is 0.198. The van der Waals surface area contributed by atoms with Gasteiger partial charge >= 0.3 is 0 Å². The largest absolute Gasteiger partial charge is 0.382 e. The van der Waals surface area contributed by atoms with Gasteiger partial charge < -0.3 is 52.5 Å². The Bertz CT molecular complexity index is 481. The lowest BCUT2D eigenvalue weighted by Crippen LogP contribution is -2.66. The molecule has 2 saturated heterocycles. The molecule has 11 heteroatoms. The molecule has 0 aliphatic carbocycles. The van der Waals surface area contributed by atoms with Crippen LogP contribution in [-0.2, 0) is 47.4 Å². The van der Waals surface area contributed by atoms with Crippen LogP contribution in [0.2, 0.25) is 0 Å². The van der Waals surface area contributed by atoms with Crippen molar-refractivity contribution in [1.29, 1.82) is 0 Å². The van der Waals surface area contributed by atoms with E-state index in [-0.39, 0.29) is 13.2 Å². The number of aliphatic hydroxyl groups excluding tert-OH is 1. The average Bonchev–Trinajstić information content (AvgIpc) is 2.74. The predicted octanol–water partition coefficient (Wildman–Crippen LogP) is -0.818. The number of hydrogen-bond donors (Lipinski definition) is 1. The van der Waals surface area contributed by atoms with Gasteiger partial charge in [0.25, 0.3) is 0 Å². The highest BCUT2D eigenvalue weighted by atomic mass is 16.7. The van der Waals surface area contributed by atoms with Gasteiger partial charge in [-0.15, -0.1) is 0 Å². The Morgan fingerprint density at radius 1 is 0.567 bits per heavy atom. The van der Waals surface area contributed by atoms with Crippen molar-refractivity contribution in [3.8, 4) is 0 Å². The maximum absolute atomic E-state index is 10.4. The van der Waals surface area contributed by atoms with Gasteiger partial charge in [0.15, 0.2) is 12.6 Å². The molecule has 0 aromatic rings. The van der Waals surface area contributed by atoms with Crippen LogP contribution in [0, 0.1) is 0 Å². The lowest BCUT2D eigenvalue weighted by atomic mass is 9.96. The molecule has 0 radical (unpaired) electrons. The molecule has 178 valence electrons. The summed E-state index contributed by atoms with van der Waals surface area (Å²) in [5, 5.41) is 10.4. The van der Waals surface area contributed by atoms with Crippen LogP contribution in [-0.4, -0.2) is 130 Å². The van der Waals surface area contributed by atoms with E-state index in [1.807, 2.05) is 0 Å². The first-order valence-electron chi connectivity index (χ1n) is 9.77. The third-order valence-electron chi connectivity index (χ3n) is 5.51. The molecular formula is C19H36O11. The lowest BCUT2D eigenvalue weighted by Gasteiger charge is -2.48. The summed E-state index contributed by atoms with van der Waals surface area (Å²) in [6.07, 6.45) is -6.87. The smallest absolute Gasteiger partial charge is 0.187 e. The summed E-state index contributed by atoms with van der Waals surface area (Å²) in [5.41, 5.74) is 0. The van der Waals surface area contributed by atoms with E-state index in [9.17, 15) is 5.11 Å². The number of ether oxygens (including phenoxy) is 10. The van der Waals surface area contributed by atoms with Gasteiger partial charge in [-0.2, -0.15) is 0 Å². The molecule has 0 aromatic heterocycles. The van der Waals surface area contributed by atoms with Crippen molar-refractivity contribution in [3.63, 3.8) is 0 Å². The molecule has 1 N–H and O–H groups in total. The standard InChI is InChI=1S/C19H36O11/c1-21-8-10-13(24-4)15(16(26-6)18(20)28-10)30-19-17(27-7)14(25-5)12(23-3)11(29-19)9-22-2/h10-20H,8-9H2,1-7H3/t10-,11-,12-,13-,14+,15+,16-,17-,18?,19+/m1/s1. The first-order valence-corrected chi connectivity index (χ1v) is 9.77. The molecule has 0 bridgehead atoms. The second-order valence-electron chi connectivity index (χ2n) is 7.12. The maximum Gasteiger partial charge on any atom is 0.187 e. The topological polar surface area (TPSA) is 113 Å². The van der Waals surface area contributed by atoms with Gasteiger partial charge in [0.2, 0.25) is 0 Å². The monoisotopic (exact) mass is 440 g/mol. The van der Waals surface area contributed by atoms with Crippen LogP contribution < -0.4 is 0 Å². The van der Waals surface area contributed by atoms with E-state index in [4.69, 9.17) is 47.4 Å². The molecule has 30 heavy (non-hydrogen) atoms. The highest BCUT2D eigenvalue weighted by Gasteiger charge is 2.53. The van der Waals surface area contributed by atoms with Crippen molar-refractivity contribution < 1.29 is 52.5 Å². The molecular weight excluding hydrogens is 404 g/mol. The average molecular weight is 440 g/mol. The molecule has 1 unspecified atom stereocenters. The normalized spacial score (nSPS) is 42.4. The fourth-order valence-electron chi connectivity index (χ4n) is 4.13. The quantitative estimate of drug-likeness (QED) is 0.435. The van der Waals surface area contributed by atoms with Crippen LogP contribution in [0.15, 0.2) is 0 Å². The van der Waals surface area contributed by atoms with E-state index in [0.29, 0.717) is 0 Å². The molecule has 2 aliphatic heterocycles. The van der Waals surface area contributed by atoms with E-state index in [1.54, 1.807) is 21.3 Å². The van der Waals surface area contributed by atoms with Crippen LogP contribution in [0.4, 0.5) is 0 Å². The van der Waals surface area contributed by atoms with E-state index < -0.39 is 61.4 Å². The fraction of sp³-hybridized carbons (Fsp3) is 1.00. The van der Waals surface area contributed by atoms with E-state index in [0.717, 1.165) is 0 Å². The van der Waals surface area contributed by atoms with Crippen LogP contribution in [0.1, 0.15) is 0 Å². The number of aliphatic hydroxyl groups is 1. The Hall–Kier alpha value is -0.440. The first kappa shape index (κ1) is 25.8. The summed E-state index contributed by atoms with van der Waals surface area (Å²) in [6, 6.07) is 0. The molecule has 2 aliphatic rings. The summed E-state index contributed by atoms with van der Waals surface area (Å²) in [5.74, 6) is 0. The van der Waals surface area contributed by atoms with Crippen molar-refractivity contribution in [2.45, 2.75) is 61.4 Å². The van der Waals surface area contributed by atoms with Crippen molar-refractivity contribution in [2.75, 3.05) is 63.0 Å². The number of methoxy groups -OCH3 is 7. The Morgan fingerprint density at radius 3 is 1.50 bits per heavy atom. The van der Waals surface area contributed by atoms with Gasteiger partial charge in [0.05, 0.1) is 13.2 Å². The zero-order valence-electron chi connectivity index (χ0n) is 18.7. The summed E-state index contributed by atoms with van der Waals surface area (Å²) in [6.45, 7) is 0.461. The third kappa shape index (κ3) is 5.48. The number of hydrogen-bond acceptors (Lipinski definition) is 11. The SMILES string of the molecule is COC[C@H]1O[C@@H](O[C@H]2[C@H](OC)[C@@H](COC)OC(O)[C@@H]2OC)[C@H](OC)[C@@H](OC)[C@@H]1OC. The molecule has 0 spiro atoms. The summed E-state index contributed by atoms with van der Waals surface area (Å²) < 4.78 is 56.5. The molecule has 0 amide bonds. The molecule has 2 fully saturated rings. The highest BCUT2D eigenvalue weighted by Crippen LogP contribution is 2.33. The third-order valence-corrected chi connectivity index (χ3v) is 5.51. The molecule has 10 atom stereocenters. The van der Waals surface area contributed by atoms with Crippen LogP contribution in [0.5, 0.6) is 0 Å². The van der Waals surface area contributed by atoms with E-state index in [2.05, 4.69) is 0 Å². The van der Waals surface area contributed by atoms with Gasteiger partial charge in [-0.05, 0) is 0 Å². The fourth-order valence-corrected chi connectivity index (χ4v) is 4.13. The van der Waals surface area contributed by atoms with Gasteiger partial charge in [0, 0.05) is 49.8 Å². The highest BCUT2D eigenvalue weighted by molar-refractivity contribution is 4.96. The Morgan fingerprint density at radius 2 is 1.03 bits per heavy atom. The van der Waals surface area contributed by atoms with E-state index in [1.165, 1.54) is 28.4 Å². The lowest BCUT2D eigenvalue weighted by molar-refractivity contribution is -0.364. The predicted molar refractivity (Wildman–Crippen MR) is 102 cm³/mol. The second kappa shape index (κ2) is 12.6. The zero-order chi connectivity index (χ0) is 22.3. The zero-order valence-corrected chi connectivity index (χ0v) is 18.7. The van der Waals surface area contributed by atoms with Gasteiger partial charge in [-0.25, -0.2) is 0 Å².